The lowest BCUT2D eigenvalue weighted by Gasteiger charge is -2.28. The summed E-state index contributed by atoms with van der Waals surface area (Å²) >= 11 is 0. The molecule has 1 aliphatic heterocycles. The lowest BCUT2D eigenvalue weighted by atomic mass is 9.84. The van der Waals surface area contributed by atoms with Gasteiger partial charge in [-0.3, -0.25) is 0 Å². The van der Waals surface area contributed by atoms with E-state index < -0.39 is 0 Å². The van der Waals surface area contributed by atoms with Gasteiger partial charge in [0, 0.05) is 12.6 Å². The maximum Gasteiger partial charge on any atom is 0.231 e. The third-order valence-electron chi connectivity index (χ3n) is 4.42. The molecule has 0 radical (unpaired) electrons. The number of hydrogen-bond donors (Lipinski definition) is 1. The van der Waals surface area contributed by atoms with Crippen LogP contribution in [0.15, 0.2) is 18.2 Å². The molecule has 1 atom stereocenters. The average molecular weight is 261 g/mol. The Morgan fingerprint density at radius 3 is 2.79 bits per heavy atom. The van der Waals surface area contributed by atoms with Gasteiger partial charge < -0.3 is 14.8 Å². The highest BCUT2D eigenvalue weighted by molar-refractivity contribution is 5.44. The average Bonchev–Trinajstić information content (AvgIpc) is 2.93. The van der Waals surface area contributed by atoms with Gasteiger partial charge in [0.15, 0.2) is 11.5 Å². The summed E-state index contributed by atoms with van der Waals surface area (Å²) in [6.45, 7) is 3.59. The summed E-state index contributed by atoms with van der Waals surface area (Å²) in [5.41, 5.74) is 1.27. The summed E-state index contributed by atoms with van der Waals surface area (Å²) in [6.07, 6.45) is 7.00. The van der Waals surface area contributed by atoms with Crippen LogP contribution in [0.3, 0.4) is 0 Å². The van der Waals surface area contributed by atoms with Crippen LogP contribution in [0.4, 0.5) is 0 Å². The molecule has 19 heavy (non-hydrogen) atoms. The van der Waals surface area contributed by atoms with Gasteiger partial charge in [-0.2, -0.15) is 0 Å². The highest BCUT2D eigenvalue weighted by atomic mass is 16.7. The smallest absolute Gasteiger partial charge is 0.231 e. The lowest BCUT2D eigenvalue weighted by Crippen LogP contribution is -2.34. The van der Waals surface area contributed by atoms with Crippen LogP contribution in [-0.4, -0.2) is 12.8 Å². The zero-order valence-corrected chi connectivity index (χ0v) is 11.7. The Morgan fingerprint density at radius 2 is 1.95 bits per heavy atom. The van der Waals surface area contributed by atoms with Gasteiger partial charge in [-0.25, -0.2) is 0 Å². The monoisotopic (exact) mass is 261 g/mol. The molecule has 0 amide bonds. The summed E-state index contributed by atoms with van der Waals surface area (Å²) in [7, 11) is 0. The molecule has 1 N–H and O–H groups in total. The van der Waals surface area contributed by atoms with Gasteiger partial charge in [0.1, 0.15) is 0 Å². The minimum atomic E-state index is 0.352. The van der Waals surface area contributed by atoms with Gasteiger partial charge in [0.05, 0.1) is 0 Å². The quantitative estimate of drug-likeness (QED) is 0.900. The van der Waals surface area contributed by atoms with E-state index in [0.717, 1.165) is 24.0 Å². The summed E-state index contributed by atoms with van der Waals surface area (Å²) < 4.78 is 10.7. The van der Waals surface area contributed by atoms with E-state index in [9.17, 15) is 0 Å². The van der Waals surface area contributed by atoms with E-state index in [-0.39, 0.29) is 0 Å². The van der Waals surface area contributed by atoms with Crippen molar-refractivity contribution in [3.05, 3.63) is 23.8 Å². The SMILES string of the molecule is CC(NCc1ccc2c(c1)OCO2)C1CCCCC1. The third-order valence-corrected chi connectivity index (χ3v) is 4.42. The Hall–Kier alpha value is -1.22. The van der Waals surface area contributed by atoms with E-state index in [2.05, 4.69) is 24.4 Å². The zero-order valence-electron chi connectivity index (χ0n) is 11.7. The van der Waals surface area contributed by atoms with E-state index in [1.807, 2.05) is 6.07 Å². The summed E-state index contributed by atoms with van der Waals surface area (Å²) in [4.78, 5) is 0. The molecule has 3 heteroatoms. The number of rotatable bonds is 4. The van der Waals surface area contributed by atoms with Crippen molar-refractivity contribution in [2.75, 3.05) is 6.79 Å². The number of nitrogens with one attached hydrogen (secondary N) is 1. The molecule has 1 fully saturated rings. The van der Waals surface area contributed by atoms with E-state index in [1.54, 1.807) is 0 Å². The molecule has 1 aliphatic carbocycles. The topological polar surface area (TPSA) is 30.5 Å². The second-order valence-corrected chi connectivity index (χ2v) is 5.76. The fraction of sp³-hybridized carbons (Fsp3) is 0.625. The normalized spacial score (nSPS) is 20.5. The van der Waals surface area contributed by atoms with Gasteiger partial charge in [-0.05, 0) is 43.4 Å². The molecule has 2 aliphatic rings. The van der Waals surface area contributed by atoms with Gasteiger partial charge >= 0.3 is 0 Å². The van der Waals surface area contributed by atoms with Crippen molar-refractivity contribution in [1.29, 1.82) is 0 Å². The van der Waals surface area contributed by atoms with E-state index in [4.69, 9.17) is 9.47 Å². The molecule has 0 bridgehead atoms. The van der Waals surface area contributed by atoms with Crippen molar-refractivity contribution in [2.24, 2.45) is 5.92 Å². The fourth-order valence-corrected chi connectivity index (χ4v) is 3.13. The van der Waals surface area contributed by atoms with E-state index >= 15 is 0 Å². The molecule has 0 aromatic heterocycles. The number of hydrogen-bond acceptors (Lipinski definition) is 3. The van der Waals surface area contributed by atoms with Gasteiger partial charge in [0.2, 0.25) is 6.79 Å². The first-order valence-corrected chi connectivity index (χ1v) is 7.45. The standard InChI is InChI=1S/C16H23NO2/c1-12(14-5-3-2-4-6-14)17-10-13-7-8-15-16(9-13)19-11-18-15/h7-9,12,14,17H,2-6,10-11H2,1H3. The number of ether oxygens (including phenoxy) is 2. The van der Waals surface area contributed by atoms with Gasteiger partial charge in [-0.15, -0.1) is 0 Å². The van der Waals surface area contributed by atoms with E-state index in [0.29, 0.717) is 12.8 Å². The largest absolute Gasteiger partial charge is 0.454 e. The first kappa shape index (κ1) is 12.8. The van der Waals surface area contributed by atoms with Gasteiger partial charge in [0.25, 0.3) is 0 Å². The molecular formula is C16H23NO2. The first-order chi connectivity index (χ1) is 9.33. The van der Waals surface area contributed by atoms with Crippen LogP contribution < -0.4 is 14.8 Å². The van der Waals surface area contributed by atoms with Gasteiger partial charge in [-0.1, -0.05) is 25.3 Å². The molecule has 0 spiro atoms. The predicted molar refractivity (Wildman–Crippen MR) is 75.4 cm³/mol. The Labute approximate surface area is 115 Å². The molecule has 1 aromatic rings. The molecule has 1 unspecified atom stereocenters. The fourth-order valence-electron chi connectivity index (χ4n) is 3.13. The van der Waals surface area contributed by atoms with Crippen LogP contribution in [0.2, 0.25) is 0 Å². The van der Waals surface area contributed by atoms with Crippen molar-refractivity contribution in [3.8, 4) is 11.5 Å². The van der Waals surface area contributed by atoms with Crippen LogP contribution in [0.5, 0.6) is 11.5 Å². The predicted octanol–water partition coefficient (Wildman–Crippen LogP) is 3.47. The Morgan fingerprint density at radius 1 is 1.16 bits per heavy atom. The summed E-state index contributed by atoms with van der Waals surface area (Å²) in [5.74, 6) is 2.59. The first-order valence-electron chi connectivity index (χ1n) is 7.45. The molecule has 3 nitrogen and oxygen atoms in total. The second kappa shape index (κ2) is 5.83. The lowest BCUT2D eigenvalue weighted by molar-refractivity contribution is 0.174. The van der Waals surface area contributed by atoms with Crippen LogP contribution in [0.25, 0.3) is 0 Å². The van der Waals surface area contributed by atoms with Crippen molar-refractivity contribution < 1.29 is 9.47 Å². The minimum Gasteiger partial charge on any atom is -0.454 e. The van der Waals surface area contributed by atoms with Crippen LogP contribution in [-0.2, 0) is 6.54 Å². The molecule has 1 aromatic carbocycles. The van der Waals surface area contributed by atoms with Crippen molar-refractivity contribution in [2.45, 2.75) is 51.6 Å². The van der Waals surface area contributed by atoms with E-state index in [1.165, 1.54) is 37.7 Å². The van der Waals surface area contributed by atoms with Crippen LogP contribution in [0, 0.1) is 5.92 Å². The maximum absolute atomic E-state index is 5.41. The highest BCUT2D eigenvalue weighted by Gasteiger charge is 2.20. The van der Waals surface area contributed by atoms with Crippen LogP contribution in [0.1, 0.15) is 44.6 Å². The Bertz CT molecular complexity index is 427. The van der Waals surface area contributed by atoms with Crippen LogP contribution >= 0.6 is 0 Å². The number of fused-ring (bicyclic) bond motifs is 1. The van der Waals surface area contributed by atoms with Crippen molar-refractivity contribution in [1.82, 2.24) is 5.32 Å². The Kier molecular flexibility index (Phi) is 3.92. The zero-order chi connectivity index (χ0) is 13.1. The third kappa shape index (κ3) is 3.03. The van der Waals surface area contributed by atoms with Crippen molar-refractivity contribution in [3.63, 3.8) is 0 Å². The molecule has 1 heterocycles. The molecule has 3 rings (SSSR count). The summed E-state index contributed by atoms with van der Waals surface area (Å²) in [5, 5.41) is 3.66. The number of benzene rings is 1. The Balaban J connectivity index is 1.53. The second-order valence-electron chi connectivity index (χ2n) is 5.76. The summed E-state index contributed by atoms with van der Waals surface area (Å²) in [6, 6.07) is 6.81. The minimum absolute atomic E-state index is 0.352. The molecule has 104 valence electrons. The molecule has 1 saturated carbocycles. The maximum atomic E-state index is 5.41. The van der Waals surface area contributed by atoms with Crippen molar-refractivity contribution >= 4 is 0 Å². The molecular weight excluding hydrogens is 238 g/mol. The highest BCUT2D eigenvalue weighted by Crippen LogP contribution is 2.32. The molecule has 0 saturated heterocycles.